The number of aliphatic carboxylic acids is 1. The molecule has 6 heteroatoms. The van der Waals surface area contributed by atoms with Crippen LogP contribution in [-0.4, -0.2) is 21.0 Å². The third-order valence-electron chi connectivity index (χ3n) is 3.66. The van der Waals surface area contributed by atoms with E-state index in [-0.39, 0.29) is 0 Å². The van der Waals surface area contributed by atoms with Crippen LogP contribution in [0.2, 0.25) is 0 Å². The molecule has 1 aromatic carbocycles. The quantitative estimate of drug-likeness (QED) is 0.556. The monoisotopic (exact) mass is 344 g/mol. The second-order valence-electron chi connectivity index (χ2n) is 5.29. The Morgan fingerprint density at radius 3 is 2.52 bits per heavy atom. The van der Waals surface area contributed by atoms with E-state index in [2.05, 4.69) is 16.9 Å². The Morgan fingerprint density at radius 1 is 1.17 bits per heavy atom. The number of nitrogens with zero attached hydrogens (tertiary/aromatic N) is 2. The smallest absolute Gasteiger partial charge is 0.321 e. The van der Waals surface area contributed by atoms with Crippen molar-refractivity contribution >= 4 is 39.3 Å². The molecule has 1 unspecified atom stereocenters. The van der Waals surface area contributed by atoms with Crippen LogP contribution < -0.4 is 0 Å². The van der Waals surface area contributed by atoms with Gasteiger partial charge in [-0.3, -0.25) is 4.79 Å². The lowest BCUT2D eigenvalue weighted by molar-refractivity contribution is -0.136. The highest BCUT2D eigenvalue weighted by atomic mass is 32.2. The van der Waals surface area contributed by atoms with Gasteiger partial charge in [0.2, 0.25) is 0 Å². The number of aryl methyl sites for hydroxylation is 3. The van der Waals surface area contributed by atoms with Gasteiger partial charge in [-0.1, -0.05) is 42.1 Å². The summed E-state index contributed by atoms with van der Waals surface area (Å²) in [5.74, 6) is -0.200. The van der Waals surface area contributed by atoms with Gasteiger partial charge in [0.05, 0.1) is 0 Å². The first kappa shape index (κ1) is 16.0. The Morgan fingerprint density at radius 2 is 1.87 bits per heavy atom. The van der Waals surface area contributed by atoms with Gasteiger partial charge >= 0.3 is 5.97 Å². The summed E-state index contributed by atoms with van der Waals surface area (Å²) in [6.45, 7) is 5.93. The van der Waals surface area contributed by atoms with E-state index in [9.17, 15) is 9.90 Å². The van der Waals surface area contributed by atoms with E-state index in [1.807, 2.05) is 44.2 Å². The number of hydrogen-bond acceptors (Lipinski definition) is 5. The largest absolute Gasteiger partial charge is 0.480 e. The molecule has 0 saturated carbocycles. The molecule has 3 aromatic rings. The molecular formula is C17H16N2O2S2. The number of fused-ring (bicyclic) bond motifs is 1. The highest BCUT2D eigenvalue weighted by Gasteiger charge is 2.24. The first-order valence-electron chi connectivity index (χ1n) is 7.16. The number of rotatable bonds is 4. The summed E-state index contributed by atoms with van der Waals surface area (Å²) in [6, 6.07) is 9.26. The Bertz CT molecular complexity index is 875. The third kappa shape index (κ3) is 3.09. The van der Waals surface area contributed by atoms with Crippen molar-refractivity contribution in [1.29, 1.82) is 0 Å². The van der Waals surface area contributed by atoms with Crippen LogP contribution in [0.15, 0.2) is 35.4 Å². The van der Waals surface area contributed by atoms with Gasteiger partial charge in [0.1, 0.15) is 20.9 Å². The van der Waals surface area contributed by atoms with E-state index in [0.29, 0.717) is 5.82 Å². The Balaban J connectivity index is 2.11. The molecule has 0 radical (unpaired) electrons. The van der Waals surface area contributed by atoms with E-state index < -0.39 is 11.2 Å². The van der Waals surface area contributed by atoms with Gasteiger partial charge in [0.15, 0.2) is 0 Å². The van der Waals surface area contributed by atoms with Crippen LogP contribution in [0.5, 0.6) is 0 Å². The minimum Gasteiger partial charge on any atom is -0.480 e. The first-order valence-corrected chi connectivity index (χ1v) is 8.85. The lowest BCUT2D eigenvalue weighted by Crippen LogP contribution is -2.08. The minimum atomic E-state index is -0.866. The van der Waals surface area contributed by atoms with Gasteiger partial charge in [0, 0.05) is 10.3 Å². The Kier molecular flexibility index (Phi) is 4.37. The van der Waals surface area contributed by atoms with Gasteiger partial charge in [-0.05, 0) is 31.9 Å². The predicted molar refractivity (Wildman–Crippen MR) is 94.3 cm³/mol. The minimum absolute atomic E-state index is 0.665. The van der Waals surface area contributed by atoms with Crippen molar-refractivity contribution in [3.05, 3.63) is 52.2 Å². The van der Waals surface area contributed by atoms with Gasteiger partial charge in [-0.15, -0.1) is 11.3 Å². The van der Waals surface area contributed by atoms with Crippen LogP contribution in [0.3, 0.4) is 0 Å². The number of thiophene rings is 1. The SMILES string of the molecule is Cc1nc(SC(C(=O)O)c2ccccc2)c2c(C)c(C)sc2n1. The van der Waals surface area contributed by atoms with Crippen molar-refractivity contribution in [2.24, 2.45) is 0 Å². The summed E-state index contributed by atoms with van der Waals surface area (Å²) in [6.07, 6.45) is 0. The van der Waals surface area contributed by atoms with E-state index in [1.165, 1.54) is 16.6 Å². The van der Waals surface area contributed by atoms with Crippen molar-refractivity contribution in [2.45, 2.75) is 31.0 Å². The molecule has 2 aromatic heterocycles. The highest BCUT2D eigenvalue weighted by molar-refractivity contribution is 8.00. The molecule has 1 atom stereocenters. The van der Waals surface area contributed by atoms with Crippen molar-refractivity contribution in [2.75, 3.05) is 0 Å². The lowest BCUT2D eigenvalue weighted by Gasteiger charge is -2.13. The summed E-state index contributed by atoms with van der Waals surface area (Å²) < 4.78 is 0. The summed E-state index contributed by atoms with van der Waals surface area (Å²) in [4.78, 5) is 22.9. The highest BCUT2D eigenvalue weighted by Crippen LogP contribution is 2.41. The maximum absolute atomic E-state index is 11.8. The molecule has 0 amide bonds. The zero-order chi connectivity index (χ0) is 16.6. The molecule has 2 heterocycles. The topological polar surface area (TPSA) is 63.1 Å². The number of aromatic nitrogens is 2. The average molecular weight is 344 g/mol. The van der Waals surface area contributed by atoms with Crippen molar-refractivity contribution < 1.29 is 9.90 Å². The fourth-order valence-electron chi connectivity index (χ4n) is 2.40. The van der Waals surface area contributed by atoms with Gasteiger partial charge in [-0.2, -0.15) is 0 Å². The molecule has 1 N–H and O–H groups in total. The maximum atomic E-state index is 11.8. The molecule has 0 bridgehead atoms. The van der Waals surface area contributed by atoms with Gasteiger partial charge < -0.3 is 5.11 Å². The zero-order valence-electron chi connectivity index (χ0n) is 13.0. The second-order valence-corrected chi connectivity index (χ2v) is 7.58. The Hall–Kier alpha value is -1.92. The van der Waals surface area contributed by atoms with Gasteiger partial charge in [-0.25, -0.2) is 9.97 Å². The molecule has 0 saturated heterocycles. The molecule has 0 spiro atoms. The number of carboxylic acids is 1. The number of thioether (sulfide) groups is 1. The van der Waals surface area contributed by atoms with E-state index in [1.54, 1.807) is 11.3 Å². The number of benzene rings is 1. The fraction of sp³-hybridized carbons (Fsp3) is 0.235. The summed E-state index contributed by atoms with van der Waals surface area (Å²) in [7, 11) is 0. The number of carbonyl (C=O) groups is 1. The average Bonchev–Trinajstić information content (AvgIpc) is 2.79. The van der Waals surface area contributed by atoms with Gasteiger partial charge in [0.25, 0.3) is 0 Å². The van der Waals surface area contributed by atoms with E-state index in [4.69, 9.17) is 0 Å². The first-order chi connectivity index (χ1) is 11.0. The van der Waals surface area contributed by atoms with Crippen molar-refractivity contribution in [3.8, 4) is 0 Å². The van der Waals surface area contributed by atoms with Crippen LogP contribution in [0, 0.1) is 20.8 Å². The molecule has 0 aliphatic heterocycles. The number of carboxylic acid groups (broad SMARTS) is 1. The van der Waals surface area contributed by atoms with E-state index >= 15 is 0 Å². The van der Waals surface area contributed by atoms with E-state index in [0.717, 1.165) is 26.4 Å². The fourth-order valence-corrected chi connectivity index (χ4v) is 4.71. The number of hydrogen-bond donors (Lipinski definition) is 1. The predicted octanol–water partition coefficient (Wildman–Crippen LogP) is 4.53. The summed E-state index contributed by atoms with van der Waals surface area (Å²) in [5.41, 5.74) is 1.89. The molecular weight excluding hydrogens is 328 g/mol. The maximum Gasteiger partial charge on any atom is 0.321 e. The molecule has 118 valence electrons. The lowest BCUT2D eigenvalue weighted by atomic mass is 10.1. The molecule has 0 aliphatic carbocycles. The standard InChI is InChI=1S/C17H16N2O2S2/c1-9-10(2)22-15-13(9)16(19-11(3)18-15)23-14(17(20)21)12-7-5-4-6-8-12/h4-8,14H,1-3H3,(H,20,21). The summed E-state index contributed by atoms with van der Waals surface area (Å²) in [5, 5.41) is 10.7. The van der Waals surface area contributed by atoms with Crippen LogP contribution in [-0.2, 0) is 4.79 Å². The van der Waals surface area contributed by atoms with Crippen LogP contribution in [0.4, 0.5) is 0 Å². The second kappa shape index (κ2) is 6.29. The normalized spacial score (nSPS) is 12.5. The van der Waals surface area contributed by atoms with Crippen LogP contribution in [0.25, 0.3) is 10.2 Å². The zero-order valence-corrected chi connectivity index (χ0v) is 14.7. The summed E-state index contributed by atoms with van der Waals surface area (Å²) >= 11 is 2.90. The molecule has 4 nitrogen and oxygen atoms in total. The molecule has 3 rings (SSSR count). The van der Waals surface area contributed by atoms with Crippen LogP contribution in [0.1, 0.15) is 27.1 Å². The van der Waals surface area contributed by atoms with Crippen LogP contribution >= 0.6 is 23.1 Å². The van der Waals surface area contributed by atoms with Crippen molar-refractivity contribution in [3.63, 3.8) is 0 Å². The molecule has 0 fully saturated rings. The molecule has 23 heavy (non-hydrogen) atoms. The third-order valence-corrected chi connectivity index (χ3v) is 5.99. The van der Waals surface area contributed by atoms with Crippen molar-refractivity contribution in [1.82, 2.24) is 9.97 Å². The molecule has 0 aliphatic rings. The Labute approximate surface area is 142 Å².